The Balaban J connectivity index is 2.02. The van der Waals surface area contributed by atoms with E-state index in [1.54, 1.807) is 18.5 Å². The van der Waals surface area contributed by atoms with Gasteiger partial charge in [0.05, 0.1) is 11.6 Å². The summed E-state index contributed by atoms with van der Waals surface area (Å²) in [7, 11) is 1.94. The standard InChI is InChI=1S/C14H16ClN3O/c1-18(7-5-12-4-2-3-6-16-12)14-13(15)8-11(10-19)9-17-14/h2-4,6,8-9,19H,5,7,10H2,1H3. The summed E-state index contributed by atoms with van der Waals surface area (Å²) in [6.45, 7) is 0.729. The molecule has 0 spiro atoms. The lowest BCUT2D eigenvalue weighted by Crippen LogP contribution is -2.22. The van der Waals surface area contributed by atoms with Crippen LogP contribution in [0.3, 0.4) is 0 Å². The van der Waals surface area contributed by atoms with Crippen LogP contribution >= 0.6 is 11.6 Å². The van der Waals surface area contributed by atoms with E-state index in [2.05, 4.69) is 9.97 Å². The van der Waals surface area contributed by atoms with E-state index >= 15 is 0 Å². The average Bonchev–Trinajstić information content (AvgIpc) is 2.45. The SMILES string of the molecule is CN(CCc1ccccn1)c1ncc(CO)cc1Cl. The Morgan fingerprint density at radius 2 is 2.16 bits per heavy atom. The highest BCUT2D eigenvalue weighted by Crippen LogP contribution is 2.23. The molecule has 0 aromatic carbocycles. The Kier molecular flexibility index (Phi) is 4.71. The molecule has 0 bridgehead atoms. The molecule has 100 valence electrons. The third-order valence-corrected chi connectivity index (χ3v) is 3.13. The summed E-state index contributed by atoms with van der Waals surface area (Å²) in [5.41, 5.74) is 1.75. The molecule has 1 N–H and O–H groups in total. The van der Waals surface area contributed by atoms with Gasteiger partial charge in [-0.2, -0.15) is 0 Å². The molecule has 19 heavy (non-hydrogen) atoms. The van der Waals surface area contributed by atoms with Gasteiger partial charge in [0.25, 0.3) is 0 Å². The number of aliphatic hydroxyl groups is 1. The number of likely N-dealkylation sites (N-methyl/N-ethyl adjacent to an activating group) is 1. The predicted octanol–water partition coefficient (Wildman–Crippen LogP) is 2.30. The van der Waals surface area contributed by atoms with Crippen LogP contribution in [0, 0.1) is 0 Å². The third kappa shape index (κ3) is 3.66. The van der Waals surface area contributed by atoms with E-state index < -0.39 is 0 Å². The molecule has 0 saturated heterocycles. The molecule has 2 aromatic rings. The summed E-state index contributed by atoms with van der Waals surface area (Å²) < 4.78 is 0. The van der Waals surface area contributed by atoms with Crippen molar-refractivity contribution in [1.82, 2.24) is 9.97 Å². The lowest BCUT2D eigenvalue weighted by Gasteiger charge is -2.19. The zero-order chi connectivity index (χ0) is 13.7. The minimum Gasteiger partial charge on any atom is -0.392 e. The topological polar surface area (TPSA) is 49.2 Å². The Labute approximate surface area is 117 Å². The van der Waals surface area contributed by atoms with Crippen LogP contribution in [0.5, 0.6) is 0 Å². The maximum atomic E-state index is 9.02. The molecule has 2 aromatic heterocycles. The van der Waals surface area contributed by atoms with Gasteiger partial charge in [0.15, 0.2) is 0 Å². The number of hydrogen-bond donors (Lipinski definition) is 1. The largest absolute Gasteiger partial charge is 0.392 e. The zero-order valence-corrected chi connectivity index (χ0v) is 11.5. The Hall–Kier alpha value is -1.65. The second kappa shape index (κ2) is 6.50. The van der Waals surface area contributed by atoms with Crippen LogP contribution in [-0.4, -0.2) is 28.7 Å². The fourth-order valence-electron chi connectivity index (χ4n) is 1.77. The van der Waals surface area contributed by atoms with E-state index in [-0.39, 0.29) is 6.61 Å². The van der Waals surface area contributed by atoms with E-state index in [1.807, 2.05) is 30.1 Å². The Morgan fingerprint density at radius 3 is 2.79 bits per heavy atom. The van der Waals surface area contributed by atoms with E-state index in [0.29, 0.717) is 10.6 Å². The molecule has 2 heterocycles. The van der Waals surface area contributed by atoms with Gasteiger partial charge >= 0.3 is 0 Å². The molecule has 0 atom stereocenters. The summed E-state index contributed by atoms with van der Waals surface area (Å²) in [5.74, 6) is 0.717. The van der Waals surface area contributed by atoms with Crippen LogP contribution in [0.2, 0.25) is 5.02 Å². The van der Waals surface area contributed by atoms with Crippen molar-refractivity contribution in [3.63, 3.8) is 0 Å². The number of hydrogen-bond acceptors (Lipinski definition) is 4. The number of halogens is 1. The molecule has 5 heteroatoms. The normalized spacial score (nSPS) is 10.5. The van der Waals surface area contributed by atoms with Crippen LogP contribution in [0.25, 0.3) is 0 Å². The zero-order valence-electron chi connectivity index (χ0n) is 10.8. The van der Waals surface area contributed by atoms with E-state index in [9.17, 15) is 0 Å². The van der Waals surface area contributed by atoms with Gasteiger partial charge in [0.1, 0.15) is 5.82 Å². The van der Waals surface area contributed by atoms with Gasteiger partial charge in [0, 0.05) is 38.1 Å². The minimum atomic E-state index is -0.0509. The lowest BCUT2D eigenvalue weighted by molar-refractivity contribution is 0.281. The van der Waals surface area contributed by atoms with Crippen LogP contribution < -0.4 is 4.90 Å². The number of aromatic nitrogens is 2. The molecule has 0 fully saturated rings. The van der Waals surface area contributed by atoms with Gasteiger partial charge in [-0.3, -0.25) is 4.98 Å². The molecule has 0 unspecified atom stereocenters. The molecule has 0 saturated carbocycles. The minimum absolute atomic E-state index is 0.0509. The van der Waals surface area contributed by atoms with E-state index in [1.165, 1.54) is 0 Å². The monoisotopic (exact) mass is 277 g/mol. The van der Waals surface area contributed by atoms with E-state index in [4.69, 9.17) is 16.7 Å². The summed E-state index contributed by atoms with van der Waals surface area (Å²) in [4.78, 5) is 10.5. The van der Waals surface area contributed by atoms with Crippen molar-refractivity contribution in [1.29, 1.82) is 0 Å². The maximum Gasteiger partial charge on any atom is 0.147 e. The molecule has 2 rings (SSSR count). The van der Waals surface area contributed by atoms with Crippen LogP contribution in [0.4, 0.5) is 5.82 Å². The number of rotatable bonds is 5. The Bertz CT molecular complexity index is 533. The Morgan fingerprint density at radius 1 is 1.32 bits per heavy atom. The quantitative estimate of drug-likeness (QED) is 0.911. The van der Waals surface area contributed by atoms with Crippen molar-refractivity contribution >= 4 is 17.4 Å². The highest BCUT2D eigenvalue weighted by molar-refractivity contribution is 6.33. The smallest absolute Gasteiger partial charge is 0.147 e. The van der Waals surface area contributed by atoms with Crippen LogP contribution in [0.1, 0.15) is 11.3 Å². The van der Waals surface area contributed by atoms with Crippen molar-refractivity contribution < 1.29 is 5.11 Å². The molecule has 4 nitrogen and oxygen atoms in total. The first kappa shape index (κ1) is 13.8. The second-order valence-electron chi connectivity index (χ2n) is 4.30. The van der Waals surface area contributed by atoms with Crippen molar-refractivity contribution in [2.24, 2.45) is 0 Å². The van der Waals surface area contributed by atoms with Crippen molar-refractivity contribution in [3.05, 3.63) is 52.9 Å². The van der Waals surface area contributed by atoms with E-state index in [0.717, 1.165) is 24.5 Å². The highest BCUT2D eigenvalue weighted by Gasteiger charge is 2.09. The first-order valence-electron chi connectivity index (χ1n) is 6.07. The lowest BCUT2D eigenvalue weighted by atomic mass is 10.2. The molecule has 0 amide bonds. The van der Waals surface area contributed by atoms with Gasteiger partial charge in [-0.15, -0.1) is 0 Å². The number of aliphatic hydroxyl groups excluding tert-OH is 1. The van der Waals surface area contributed by atoms with Gasteiger partial charge in [-0.1, -0.05) is 17.7 Å². The highest BCUT2D eigenvalue weighted by atomic mass is 35.5. The average molecular weight is 278 g/mol. The van der Waals surface area contributed by atoms with Gasteiger partial charge in [0.2, 0.25) is 0 Å². The number of anilines is 1. The third-order valence-electron chi connectivity index (χ3n) is 2.85. The predicted molar refractivity (Wildman–Crippen MR) is 76.4 cm³/mol. The molecule has 0 aliphatic heterocycles. The first-order valence-corrected chi connectivity index (χ1v) is 6.45. The molecular formula is C14H16ClN3O. The molecule has 0 radical (unpaired) electrons. The second-order valence-corrected chi connectivity index (χ2v) is 4.71. The molecular weight excluding hydrogens is 262 g/mol. The summed E-state index contributed by atoms with van der Waals surface area (Å²) in [6, 6.07) is 7.61. The van der Waals surface area contributed by atoms with Crippen molar-refractivity contribution in [2.75, 3.05) is 18.5 Å². The summed E-state index contributed by atoms with van der Waals surface area (Å²) in [6.07, 6.45) is 4.26. The van der Waals surface area contributed by atoms with Gasteiger partial charge < -0.3 is 10.0 Å². The molecule has 0 aliphatic carbocycles. The summed E-state index contributed by atoms with van der Waals surface area (Å²) >= 11 is 6.15. The number of nitrogens with zero attached hydrogens (tertiary/aromatic N) is 3. The van der Waals surface area contributed by atoms with Gasteiger partial charge in [-0.05, 0) is 23.8 Å². The first-order chi connectivity index (χ1) is 9.20. The molecule has 0 aliphatic rings. The van der Waals surface area contributed by atoms with Crippen molar-refractivity contribution in [2.45, 2.75) is 13.0 Å². The fraction of sp³-hybridized carbons (Fsp3) is 0.286. The van der Waals surface area contributed by atoms with Crippen molar-refractivity contribution in [3.8, 4) is 0 Å². The van der Waals surface area contributed by atoms with Crippen LogP contribution in [-0.2, 0) is 13.0 Å². The van der Waals surface area contributed by atoms with Crippen LogP contribution in [0.15, 0.2) is 36.7 Å². The van der Waals surface area contributed by atoms with Gasteiger partial charge in [-0.25, -0.2) is 4.98 Å². The fourth-order valence-corrected chi connectivity index (χ4v) is 2.11. The summed E-state index contributed by atoms with van der Waals surface area (Å²) in [5, 5.41) is 9.57. The maximum absolute atomic E-state index is 9.02. The number of pyridine rings is 2.